The molecule has 2 amide bonds. The van der Waals surface area contributed by atoms with E-state index >= 15 is 0 Å². The van der Waals surface area contributed by atoms with Gasteiger partial charge in [-0.3, -0.25) is 9.59 Å². The van der Waals surface area contributed by atoms with Gasteiger partial charge >= 0.3 is 0 Å². The Labute approximate surface area is 276 Å². The highest BCUT2D eigenvalue weighted by atomic mass is 32.2. The van der Waals surface area contributed by atoms with E-state index in [9.17, 15) is 18.0 Å². The molecule has 246 valence electrons. The van der Waals surface area contributed by atoms with E-state index in [2.05, 4.69) is 14.7 Å². The fourth-order valence-electron chi connectivity index (χ4n) is 9.64. The molecule has 5 fully saturated rings. The second kappa shape index (κ2) is 11.3. The number of aryl methyl sites for hydroxylation is 2. The van der Waals surface area contributed by atoms with Gasteiger partial charge in [0.1, 0.15) is 6.61 Å². The Hall–Kier alpha value is -3.99. The quantitative estimate of drug-likeness (QED) is 0.411. The lowest BCUT2D eigenvalue weighted by Gasteiger charge is -2.57. The summed E-state index contributed by atoms with van der Waals surface area (Å²) in [6.07, 6.45) is 8.09. The van der Waals surface area contributed by atoms with Crippen molar-refractivity contribution in [3.63, 3.8) is 0 Å². The third kappa shape index (κ3) is 5.66. The molecule has 3 heterocycles. The fraction of sp³-hybridized carbons (Fsp3) is 0.500. The van der Waals surface area contributed by atoms with Crippen LogP contribution in [0.2, 0.25) is 0 Å². The van der Waals surface area contributed by atoms with E-state index in [1.807, 2.05) is 36.9 Å². The molecule has 2 aromatic carbocycles. The summed E-state index contributed by atoms with van der Waals surface area (Å²) in [5.74, 6) is 2.25. The maximum atomic E-state index is 14.0. The number of anilines is 1. The SMILES string of the molecule is Cc1cccc(C)c1-c1cc2nc(n1)NS(=O)(=O)c1cccc(c1)C(=O)N1CCN(C(=O)CC34CC5CC(CC(C5)C3)C4)C[C@@H]1CO2. The third-order valence-electron chi connectivity index (χ3n) is 11.3. The van der Waals surface area contributed by atoms with Gasteiger partial charge in [0.25, 0.3) is 15.9 Å². The van der Waals surface area contributed by atoms with Crippen LogP contribution in [-0.2, 0) is 14.8 Å². The topological polar surface area (TPSA) is 122 Å². The standard InChI is InChI=1S/C36H41N5O5S/c1-22-5-3-6-23(2)33(22)30-15-31-38-35(37-30)39-47(44,45)29-8-4-7-27(14-29)34(43)41-10-9-40(20-28(41)21-46-31)32(42)19-36-16-24-11-25(17-36)13-26(12-24)18-36/h3-8,14-15,24-26,28H,9-13,16-21H2,1-2H3,(H,37,38,39)/t24?,25?,26?,28-,36?/m1/s1. The van der Waals surface area contributed by atoms with Crippen molar-refractivity contribution in [1.82, 2.24) is 19.8 Å². The molecule has 1 saturated heterocycles. The normalized spacial score (nSPS) is 29.1. The predicted molar refractivity (Wildman–Crippen MR) is 176 cm³/mol. The molecule has 2 aliphatic heterocycles. The van der Waals surface area contributed by atoms with E-state index in [0.717, 1.165) is 34.4 Å². The number of rotatable bonds is 3. The summed E-state index contributed by atoms with van der Waals surface area (Å²) in [6, 6.07) is 13.2. The van der Waals surface area contributed by atoms with Gasteiger partial charge in [-0.05, 0) is 105 Å². The number of sulfonamides is 1. The van der Waals surface area contributed by atoms with Crippen LogP contribution in [0.25, 0.3) is 11.3 Å². The van der Waals surface area contributed by atoms with Gasteiger partial charge in [0.2, 0.25) is 17.7 Å². The van der Waals surface area contributed by atoms with Crippen molar-refractivity contribution in [2.75, 3.05) is 31.0 Å². The van der Waals surface area contributed by atoms with E-state index in [1.54, 1.807) is 23.1 Å². The van der Waals surface area contributed by atoms with Crippen LogP contribution in [0.15, 0.2) is 53.4 Å². The van der Waals surface area contributed by atoms with E-state index < -0.39 is 16.1 Å². The summed E-state index contributed by atoms with van der Waals surface area (Å²) < 4.78 is 35.8. The average Bonchev–Trinajstić information content (AvgIpc) is 3.02. The molecule has 0 unspecified atom stereocenters. The summed E-state index contributed by atoms with van der Waals surface area (Å²) >= 11 is 0. The zero-order chi connectivity index (χ0) is 32.5. The molecule has 4 aliphatic carbocycles. The minimum absolute atomic E-state index is 0.0629. The number of nitrogens with one attached hydrogen (secondary N) is 1. The molecule has 0 radical (unpaired) electrons. The van der Waals surface area contributed by atoms with Gasteiger partial charge in [-0.1, -0.05) is 24.3 Å². The number of piperazine rings is 1. The van der Waals surface area contributed by atoms with Gasteiger partial charge in [0, 0.05) is 43.2 Å². The van der Waals surface area contributed by atoms with Crippen molar-refractivity contribution in [2.24, 2.45) is 23.2 Å². The second-order valence-corrected chi connectivity index (χ2v) is 16.4. The average molecular weight is 656 g/mol. The minimum Gasteiger partial charge on any atom is -0.475 e. The van der Waals surface area contributed by atoms with Crippen molar-refractivity contribution in [1.29, 1.82) is 0 Å². The maximum absolute atomic E-state index is 14.0. The molecule has 1 atom stereocenters. The molecule has 3 aromatic rings. The summed E-state index contributed by atoms with van der Waals surface area (Å²) in [4.78, 5) is 40.5. The zero-order valence-corrected chi connectivity index (χ0v) is 27.8. The van der Waals surface area contributed by atoms with Crippen LogP contribution < -0.4 is 9.46 Å². The lowest BCUT2D eigenvalue weighted by atomic mass is 9.49. The molecule has 4 saturated carbocycles. The van der Waals surface area contributed by atoms with Gasteiger partial charge in [0.15, 0.2) is 0 Å². The smallest absolute Gasteiger partial charge is 0.264 e. The number of hydrogen-bond acceptors (Lipinski definition) is 7. The highest BCUT2D eigenvalue weighted by Crippen LogP contribution is 2.61. The summed E-state index contributed by atoms with van der Waals surface area (Å²) in [5, 5.41) is 0. The number of carbonyl (C=O) groups is 2. The van der Waals surface area contributed by atoms with Crippen LogP contribution in [0, 0.1) is 37.0 Å². The molecule has 11 heteroatoms. The lowest BCUT2D eigenvalue weighted by molar-refractivity contribution is -0.142. The first kappa shape index (κ1) is 30.4. The molecule has 6 aliphatic rings. The molecule has 0 spiro atoms. The number of fused-ring (bicyclic) bond motifs is 5. The van der Waals surface area contributed by atoms with Crippen LogP contribution in [0.3, 0.4) is 0 Å². The molecular formula is C36H41N5O5S. The number of hydrogen-bond donors (Lipinski definition) is 1. The maximum Gasteiger partial charge on any atom is 0.264 e. The Morgan fingerprint density at radius 1 is 0.957 bits per heavy atom. The summed E-state index contributed by atoms with van der Waals surface area (Å²) in [7, 11) is -4.13. The van der Waals surface area contributed by atoms with Crippen LogP contribution in [0.4, 0.5) is 5.95 Å². The fourth-order valence-corrected chi connectivity index (χ4v) is 10.6. The highest BCUT2D eigenvalue weighted by molar-refractivity contribution is 7.92. The number of aromatic nitrogens is 2. The zero-order valence-electron chi connectivity index (χ0n) is 26.9. The first-order valence-electron chi connectivity index (χ1n) is 16.8. The van der Waals surface area contributed by atoms with Gasteiger partial charge in [-0.2, -0.15) is 4.98 Å². The van der Waals surface area contributed by atoms with Crippen LogP contribution in [-0.4, -0.2) is 72.3 Å². The number of amides is 2. The van der Waals surface area contributed by atoms with E-state index in [4.69, 9.17) is 4.74 Å². The number of ether oxygens (including phenoxy) is 1. The van der Waals surface area contributed by atoms with Crippen LogP contribution >= 0.6 is 0 Å². The molecule has 9 rings (SSSR count). The van der Waals surface area contributed by atoms with E-state index in [0.29, 0.717) is 31.7 Å². The third-order valence-corrected chi connectivity index (χ3v) is 12.6. The Bertz CT molecular complexity index is 1820. The Balaban J connectivity index is 1.12. The monoisotopic (exact) mass is 655 g/mol. The van der Waals surface area contributed by atoms with Gasteiger partial charge < -0.3 is 14.5 Å². The Kier molecular flexibility index (Phi) is 7.31. The minimum atomic E-state index is -4.13. The van der Waals surface area contributed by atoms with Crippen LogP contribution in [0.5, 0.6) is 5.88 Å². The van der Waals surface area contributed by atoms with Gasteiger partial charge in [-0.25, -0.2) is 18.1 Å². The van der Waals surface area contributed by atoms with Crippen LogP contribution in [0.1, 0.15) is 66.4 Å². The highest BCUT2D eigenvalue weighted by Gasteiger charge is 2.52. The molecule has 8 bridgehead atoms. The van der Waals surface area contributed by atoms with Gasteiger partial charge in [-0.15, -0.1) is 0 Å². The first-order chi connectivity index (χ1) is 22.5. The summed E-state index contributed by atoms with van der Waals surface area (Å²) in [5.41, 5.74) is 3.73. The molecule has 47 heavy (non-hydrogen) atoms. The lowest BCUT2D eigenvalue weighted by Crippen LogP contribution is -2.59. The molecule has 1 N–H and O–H groups in total. The van der Waals surface area contributed by atoms with E-state index in [1.165, 1.54) is 50.7 Å². The Morgan fingerprint density at radius 3 is 2.34 bits per heavy atom. The Morgan fingerprint density at radius 2 is 1.64 bits per heavy atom. The summed E-state index contributed by atoms with van der Waals surface area (Å²) in [6.45, 7) is 5.14. The van der Waals surface area contributed by atoms with Crippen molar-refractivity contribution in [3.05, 3.63) is 65.2 Å². The van der Waals surface area contributed by atoms with Crippen molar-refractivity contribution < 1.29 is 22.7 Å². The van der Waals surface area contributed by atoms with Gasteiger partial charge in [0.05, 0.1) is 16.6 Å². The van der Waals surface area contributed by atoms with E-state index in [-0.39, 0.29) is 46.1 Å². The molecule has 1 aromatic heterocycles. The number of carbonyl (C=O) groups excluding carboxylic acids is 2. The molecular weight excluding hydrogens is 614 g/mol. The largest absolute Gasteiger partial charge is 0.475 e. The first-order valence-corrected chi connectivity index (χ1v) is 18.3. The second-order valence-electron chi connectivity index (χ2n) is 14.7. The predicted octanol–water partition coefficient (Wildman–Crippen LogP) is 5.21. The number of benzene rings is 2. The number of nitrogens with zero attached hydrogens (tertiary/aromatic N) is 4. The van der Waals surface area contributed by atoms with Crippen molar-refractivity contribution >= 4 is 27.8 Å². The van der Waals surface area contributed by atoms with Crippen molar-refractivity contribution in [3.8, 4) is 17.1 Å². The van der Waals surface area contributed by atoms with Crippen molar-refractivity contribution in [2.45, 2.75) is 69.7 Å². The molecule has 10 nitrogen and oxygen atoms in total.